The summed E-state index contributed by atoms with van der Waals surface area (Å²) in [5.41, 5.74) is 2.39. The maximum Gasteiger partial charge on any atom is 0.271 e. The van der Waals surface area contributed by atoms with E-state index in [-0.39, 0.29) is 11.5 Å². The predicted octanol–water partition coefficient (Wildman–Crippen LogP) is 4.55. The van der Waals surface area contributed by atoms with E-state index in [0.717, 1.165) is 0 Å². The summed E-state index contributed by atoms with van der Waals surface area (Å²) in [6.45, 7) is 1.76. The highest BCUT2D eigenvalue weighted by Crippen LogP contribution is 2.37. The van der Waals surface area contributed by atoms with Crippen molar-refractivity contribution in [1.29, 1.82) is 0 Å². The standard InChI is InChI=1S/C30H26ClN3O5S/c1-17-26(28(35)33-20-8-6-5-7-9-20)27(22-12-11-21(37-2)16-24(22)39-4)34-29(36)25(40-30(34)32-17)15-18-14-19(31)10-13-23(18)38-3/h5-16,27H,1-4H3,(H,33,35)/b25-15-/t27-/m1/s1. The normalized spacial score (nSPS) is 14.8. The minimum absolute atomic E-state index is 0.314. The largest absolute Gasteiger partial charge is 0.497 e. The predicted molar refractivity (Wildman–Crippen MR) is 156 cm³/mol. The molecule has 5 rings (SSSR count). The van der Waals surface area contributed by atoms with Gasteiger partial charge in [-0.15, -0.1) is 0 Å². The Morgan fingerprint density at radius 3 is 2.45 bits per heavy atom. The van der Waals surface area contributed by atoms with Gasteiger partial charge in [-0.05, 0) is 55.5 Å². The molecule has 1 N–H and O–H groups in total. The number of halogens is 1. The van der Waals surface area contributed by atoms with E-state index in [1.807, 2.05) is 18.2 Å². The smallest absolute Gasteiger partial charge is 0.271 e. The van der Waals surface area contributed by atoms with Crippen molar-refractivity contribution in [3.8, 4) is 17.2 Å². The second-order valence-corrected chi connectivity index (χ2v) is 10.3. The third-order valence-electron chi connectivity index (χ3n) is 6.51. The van der Waals surface area contributed by atoms with E-state index in [1.54, 1.807) is 75.8 Å². The van der Waals surface area contributed by atoms with Crippen LogP contribution < -0.4 is 34.4 Å². The Hall–Kier alpha value is -4.34. The molecule has 8 nitrogen and oxygen atoms in total. The van der Waals surface area contributed by atoms with Gasteiger partial charge in [-0.3, -0.25) is 14.2 Å². The molecule has 0 saturated heterocycles. The first-order valence-electron chi connectivity index (χ1n) is 12.3. The number of carbonyl (C=O) groups is 1. The molecule has 1 atom stereocenters. The quantitative estimate of drug-likeness (QED) is 0.349. The number of amides is 1. The van der Waals surface area contributed by atoms with Gasteiger partial charge in [0.15, 0.2) is 4.80 Å². The van der Waals surface area contributed by atoms with Gasteiger partial charge in [0, 0.05) is 27.9 Å². The maximum absolute atomic E-state index is 14.0. The van der Waals surface area contributed by atoms with Crippen molar-refractivity contribution in [3.05, 3.63) is 114 Å². The lowest BCUT2D eigenvalue weighted by atomic mass is 9.94. The monoisotopic (exact) mass is 575 g/mol. The Labute approximate surface area is 239 Å². The number of fused-ring (bicyclic) bond motifs is 1. The molecular formula is C30H26ClN3O5S. The number of rotatable bonds is 7. The van der Waals surface area contributed by atoms with E-state index >= 15 is 0 Å². The number of para-hydroxylation sites is 1. The highest BCUT2D eigenvalue weighted by molar-refractivity contribution is 7.07. The summed E-state index contributed by atoms with van der Waals surface area (Å²) in [5, 5.41) is 3.46. The number of methoxy groups -OCH3 is 3. The topological polar surface area (TPSA) is 91.2 Å². The highest BCUT2D eigenvalue weighted by atomic mass is 35.5. The van der Waals surface area contributed by atoms with Gasteiger partial charge in [0.05, 0.1) is 37.1 Å². The summed E-state index contributed by atoms with van der Waals surface area (Å²) in [7, 11) is 4.65. The molecule has 2 heterocycles. The third-order valence-corrected chi connectivity index (χ3v) is 7.73. The molecule has 40 heavy (non-hydrogen) atoms. The van der Waals surface area contributed by atoms with Crippen LogP contribution in [0.1, 0.15) is 24.1 Å². The molecule has 10 heteroatoms. The maximum atomic E-state index is 14.0. The molecule has 0 radical (unpaired) electrons. The Morgan fingerprint density at radius 2 is 1.75 bits per heavy atom. The number of aromatic nitrogens is 1. The van der Waals surface area contributed by atoms with Crippen LogP contribution in [0.3, 0.4) is 0 Å². The van der Waals surface area contributed by atoms with Crippen LogP contribution in [-0.2, 0) is 4.79 Å². The molecule has 0 bridgehead atoms. The zero-order valence-electron chi connectivity index (χ0n) is 22.2. The average Bonchev–Trinajstić information content (AvgIpc) is 3.26. The van der Waals surface area contributed by atoms with E-state index in [0.29, 0.717) is 59.7 Å². The summed E-state index contributed by atoms with van der Waals surface area (Å²) in [5.74, 6) is 1.25. The van der Waals surface area contributed by atoms with E-state index < -0.39 is 6.04 Å². The Balaban J connectivity index is 1.74. The first-order valence-corrected chi connectivity index (χ1v) is 13.5. The molecule has 4 aromatic rings. The van der Waals surface area contributed by atoms with Gasteiger partial charge in [0.2, 0.25) is 0 Å². The molecule has 1 aliphatic heterocycles. The summed E-state index contributed by atoms with van der Waals surface area (Å²) in [6.07, 6.45) is 1.72. The zero-order valence-corrected chi connectivity index (χ0v) is 23.8. The van der Waals surface area contributed by atoms with Crippen LogP contribution in [0.15, 0.2) is 87.8 Å². The molecule has 3 aromatic carbocycles. The van der Waals surface area contributed by atoms with Crippen molar-refractivity contribution < 1.29 is 19.0 Å². The fourth-order valence-corrected chi connectivity index (χ4v) is 5.85. The zero-order chi connectivity index (χ0) is 28.4. The molecule has 0 aliphatic carbocycles. The lowest BCUT2D eigenvalue weighted by Crippen LogP contribution is -2.40. The second-order valence-electron chi connectivity index (χ2n) is 8.90. The van der Waals surface area contributed by atoms with Gasteiger partial charge in [0.25, 0.3) is 11.5 Å². The van der Waals surface area contributed by atoms with Gasteiger partial charge in [0.1, 0.15) is 23.3 Å². The second kappa shape index (κ2) is 11.4. The number of carbonyl (C=O) groups excluding carboxylic acids is 1. The number of allylic oxidation sites excluding steroid dienone is 1. The van der Waals surface area contributed by atoms with E-state index in [9.17, 15) is 9.59 Å². The summed E-state index contributed by atoms with van der Waals surface area (Å²) >= 11 is 7.45. The van der Waals surface area contributed by atoms with Crippen molar-refractivity contribution >= 4 is 40.6 Å². The Bertz CT molecular complexity index is 1810. The van der Waals surface area contributed by atoms with Gasteiger partial charge < -0.3 is 19.5 Å². The number of hydrogen-bond acceptors (Lipinski definition) is 7. The number of anilines is 1. The highest BCUT2D eigenvalue weighted by Gasteiger charge is 2.34. The van der Waals surface area contributed by atoms with Crippen LogP contribution in [0.25, 0.3) is 6.08 Å². The van der Waals surface area contributed by atoms with Crippen molar-refractivity contribution in [3.63, 3.8) is 0 Å². The molecule has 0 unspecified atom stereocenters. The number of benzene rings is 3. The molecule has 0 spiro atoms. The van der Waals surface area contributed by atoms with Crippen LogP contribution in [0.2, 0.25) is 5.02 Å². The number of nitrogens with one attached hydrogen (secondary N) is 1. The van der Waals surface area contributed by atoms with E-state index in [1.165, 1.54) is 23.0 Å². The van der Waals surface area contributed by atoms with Crippen LogP contribution in [-0.4, -0.2) is 31.8 Å². The van der Waals surface area contributed by atoms with Crippen LogP contribution >= 0.6 is 22.9 Å². The molecule has 1 amide bonds. The summed E-state index contributed by atoms with van der Waals surface area (Å²) in [6, 6.07) is 18.8. The first kappa shape index (κ1) is 27.2. The van der Waals surface area contributed by atoms with Crippen molar-refractivity contribution in [2.75, 3.05) is 26.6 Å². The number of nitrogens with zero attached hydrogens (tertiary/aromatic N) is 2. The molecule has 1 aromatic heterocycles. The van der Waals surface area contributed by atoms with Crippen molar-refractivity contribution in [2.45, 2.75) is 13.0 Å². The lowest BCUT2D eigenvalue weighted by Gasteiger charge is -2.26. The van der Waals surface area contributed by atoms with Gasteiger partial charge in [-0.25, -0.2) is 4.99 Å². The molecule has 1 aliphatic rings. The van der Waals surface area contributed by atoms with Crippen LogP contribution in [0.4, 0.5) is 5.69 Å². The van der Waals surface area contributed by atoms with Crippen LogP contribution in [0, 0.1) is 0 Å². The molecule has 0 saturated carbocycles. The Kier molecular flexibility index (Phi) is 7.77. The Morgan fingerprint density at radius 1 is 1.00 bits per heavy atom. The van der Waals surface area contributed by atoms with Gasteiger partial charge >= 0.3 is 0 Å². The average molecular weight is 576 g/mol. The van der Waals surface area contributed by atoms with Gasteiger partial charge in [-0.2, -0.15) is 0 Å². The van der Waals surface area contributed by atoms with Gasteiger partial charge in [-0.1, -0.05) is 41.1 Å². The van der Waals surface area contributed by atoms with Crippen molar-refractivity contribution in [1.82, 2.24) is 4.57 Å². The minimum atomic E-state index is -0.816. The number of ether oxygens (including phenoxy) is 3. The SMILES string of the molecule is COc1ccc([C@@H]2C(C(=O)Nc3ccccc3)=C(C)N=c3s/c(=C\c4cc(Cl)ccc4OC)c(=O)n32)c(OC)c1. The summed E-state index contributed by atoms with van der Waals surface area (Å²) < 4.78 is 18.5. The lowest BCUT2D eigenvalue weighted by molar-refractivity contribution is -0.113. The number of hydrogen-bond donors (Lipinski definition) is 1. The fourth-order valence-electron chi connectivity index (χ4n) is 4.63. The number of thiazole rings is 1. The molecular weight excluding hydrogens is 550 g/mol. The van der Waals surface area contributed by atoms with E-state index in [4.69, 9.17) is 30.8 Å². The van der Waals surface area contributed by atoms with Crippen molar-refractivity contribution in [2.24, 2.45) is 4.99 Å². The fraction of sp³-hybridized carbons (Fsp3) is 0.167. The minimum Gasteiger partial charge on any atom is -0.497 e. The first-order chi connectivity index (χ1) is 19.3. The molecule has 204 valence electrons. The van der Waals surface area contributed by atoms with E-state index in [2.05, 4.69) is 5.32 Å². The van der Waals surface area contributed by atoms with Crippen LogP contribution in [0.5, 0.6) is 17.2 Å². The third kappa shape index (κ3) is 5.13. The summed E-state index contributed by atoms with van der Waals surface area (Å²) in [4.78, 5) is 33.0. The molecule has 0 fully saturated rings.